The van der Waals surface area contributed by atoms with Crippen molar-refractivity contribution in [3.8, 4) is 0 Å². The van der Waals surface area contributed by atoms with E-state index in [9.17, 15) is 13.2 Å². The number of hydrogen-bond donors (Lipinski definition) is 1. The van der Waals surface area contributed by atoms with E-state index in [2.05, 4.69) is 15.2 Å². The predicted molar refractivity (Wildman–Crippen MR) is 84.6 cm³/mol. The normalized spacial score (nSPS) is 21.0. The monoisotopic (exact) mass is 348 g/mol. The lowest BCUT2D eigenvalue weighted by molar-refractivity contribution is 0.416. The van der Waals surface area contributed by atoms with Crippen LogP contribution in [0.2, 0.25) is 0 Å². The third-order valence-corrected chi connectivity index (χ3v) is 4.57. The Labute approximate surface area is 141 Å². The van der Waals surface area contributed by atoms with Gasteiger partial charge in [0.2, 0.25) is 0 Å². The van der Waals surface area contributed by atoms with E-state index in [1.165, 1.54) is 0 Å². The first-order valence-electron chi connectivity index (χ1n) is 7.84. The van der Waals surface area contributed by atoms with Crippen LogP contribution in [0.4, 0.5) is 19.0 Å². The standard InChI is InChI=1S/C16H15F3N6/c17-11-6-13(19)12(18)5-10(11)9-1-3-24(7-14(9)20)15-2-4-25-8-21-23-16(25)22-15/h2,4-6,8-9,14H,1,3,7,20H2/t9-,14+/m1/s1. The fraction of sp³-hybridized carbons (Fsp3) is 0.312. The lowest BCUT2D eigenvalue weighted by atomic mass is 9.85. The molecule has 1 aromatic carbocycles. The summed E-state index contributed by atoms with van der Waals surface area (Å²) in [6.07, 6.45) is 3.85. The van der Waals surface area contributed by atoms with Crippen molar-refractivity contribution in [2.24, 2.45) is 5.73 Å². The average Bonchev–Trinajstić information content (AvgIpc) is 3.06. The third-order valence-electron chi connectivity index (χ3n) is 4.57. The van der Waals surface area contributed by atoms with Crippen LogP contribution in [0.25, 0.3) is 5.78 Å². The number of rotatable bonds is 2. The first-order chi connectivity index (χ1) is 12.0. The Kier molecular flexibility index (Phi) is 3.79. The molecule has 1 fully saturated rings. The van der Waals surface area contributed by atoms with Gasteiger partial charge in [0.25, 0.3) is 5.78 Å². The molecule has 3 aromatic rings. The molecule has 1 saturated heterocycles. The van der Waals surface area contributed by atoms with Gasteiger partial charge in [0.15, 0.2) is 11.6 Å². The van der Waals surface area contributed by atoms with Gasteiger partial charge >= 0.3 is 0 Å². The van der Waals surface area contributed by atoms with E-state index in [-0.39, 0.29) is 11.5 Å². The summed E-state index contributed by atoms with van der Waals surface area (Å²) in [7, 11) is 0. The summed E-state index contributed by atoms with van der Waals surface area (Å²) in [5, 5.41) is 7.68. The van der Waals surface area contributed by atoms with Crippen LogP contribution in [-0.2, 0) is 0 Å². The lowest BCUT2D eigenvalue weighted by Crippen LogP contribution is -2.48. The van der Waals surface area contributed by atoms with Crippen LogP contribution < -0.4 is 10.6 Å². The topological polar surface area (TPSA) is 72.3 Å². The molecule has 0 spiro atoms. The number of benzene rings is 1. The molecule has 0 saturated carbocycles. The highest BCUT2D eigenvalue weighted by molar-refractivity contribution is 5.45. The fourth-order valence-electron chi connectivity index (χ4n) is 3.28. The zero-order valence-electron chi connectivity index (χ0n) is 13.1. The van der Waals surface area contributed by atoms with Crippen LogP contribution in [-0.4, -0.2) is 38.7 Å². The molecule has 4 rings (SSSR count). The Bertz CT molecular complexity index is 927. The summed E-state index contributed by atoms with van der Waals surface area (Å²) < 4.78 is 42.3. The van der Waals surface area contributed by atoms with E-state index in [4.69, 9.17) is 5.73 Å². The molecule has 25 heavy (non-hydrogen) atoms. The van der Waals surface area contributed by atoms with Crippen LogP contribution in [0, 0.1) is 17.5 Å². The van der Waals surface area contributed by atoms with E-state index >= 15 is 0 Å². The Balaban J connectivity index is 1.57. The summed E-state index contributed by atoms with van der Waals surface area (Å²) in [6.45, 7) is 0.981. The number of hydrogen-bond acceptors (Lipinski definition) is 5. The highest BCUT2D eigenvalue weighted by Gasteiger charge is 2.31. The van der Waals surface area contributed by atoms with Crippen LogP contribution in [0.5, 0.6) is 0 Å². The largest absolute Gasteiger partial charge is 0.355 e. The zero-order chi connectivity index (χ0) is 17.6. The molecule has 1 aliphatic heterocycles. The summed E-state index contributed by atoms with van der Waals surface area (Å²) in [6, 6.07) is 2.86. The molecule has 0 radical (unpaired) electrons. The molecule has 0 aliphatic carbocycles. The molecule has 6 nitrogen and oxygen atoms in total. The van der Waals surface area contributed by atoms with Crippen molar-refractivity contribution in [1.82, 2.24) is 19.6 Å². The predicted octanol–water partition coefficient (Wildman–Crippen LogP) is 1.86. The maximum absolute atomic E-state index is 14.0. The second-order valence-corrected chi connectivity index (χ2v) is 6.12. The molecular weight excluding hydrogens is 333 g/mol. The van der Waals surface area contributed by atoms with Gasteiger partial charge in [0.05, 0.1) is 0 Å². The van der Waals surface area contributed by atoms with Gasteiger partial charge in [-0.1, -0.05) is 0 Å². The third kappa shape index (κ3) is 2.80. The second-order valence-electron chi connectivity index (χ2n) is 6.12. The molecule has 0 unspecified atom stereocenters. The number of piperidine rings is 1. The smallest absolute Gasteiger partial charge is 0.256 e. The number of halogens is 3. The van der Waals surface area contributed by atoms with Crippen molar-refractivity contribution in [3.05, 3.63) is 53.7 Å². The Morgan fingerprint density at radius 3 is 2.72 bits per heavy atom. The Hall–Kier alpha value is -2.68. The van der Waals surface area contributed by atoms with Gasteiger partial charge in [0.1, 0.15) is 18.0 Å². The number of fused-ring (bicyclic) bond motifs is 1. The SMILES string of the molecule is N[C@H]1CN(c2ccn3cnnc3n2)CC[C@@H]1c1cc(F)c(F)cc1F. The number of nitrogens with two attached hydrogens (primary N) is 1. The van der Waals surface area contributed by atoms with E-state index in [0.29, 0.717) is 37.2 Å². The molecule has 0 amide bonds. The maximum atomic E-state index is 14.0. The zero-order valence-corrected chi connectivity index (χ0v) is 13.1. The molecular formula is C16H15F3N6. The molecule has 9 heteroatoms. The minimum atomic E-state index is -1.20. The first-order valence-corrected chi connectivity index (χ1v) is 7.84. The quantitative estimate of drug-likeness (QED) is 0.716. The van der Waals surface area contributed by atoms with E-state index in [0.717, 1.165) is 6.07 Å². The maximum Gasteiger partial charge on any atom is 0.256 e. The summed E-state index contributed by atoms with van der Waals surface area (Å²) in [4.78, 5) is 6.38. The molecule has 2 atom stereocenters. The molecule has 2 aromatic heterocycles. The van der Waals surface area contributed by atoms with E-state index in [1.807, 2.05) is 11.0 Å². The van der Waals surface area contributed by atoms with Gasteiger partial charge in [-0.15, -0.1) is 10.2 Å². The van der Waals surface area contributed by atoms with Crippen LogP contribution in [0.15, 0.2) is 30.7 Å². The minimum Gasteiger partial charge on any atom is -0.355 e. The average molecular weight is 348 g/mol. The number of anilines is 1. The Morgan fingerprint density at radius 2 is 1.92 bits per heavy atom. The minimum absolute atomic E-state index is 0.118. The second kappa shape index (κ2) is 5.99. The molecule has 3 heterocycles. The lowest BCUT2D eigenvalue weighted by Gasteiger charge is -2.37. The van der Waals surface area contributed by atoms with Crippen molar-refractivity contribution in [3.63, 3.8) is 0 Å². The summed E-state index contributed by atoms with van der Waals surface area (Å²) >= 11 is 0. The van der Waals surface area contributed by atoms with Crippen LogP contribution in [0.1, 0.15) is 17.9 Å². The van der Waals surface area contributed by atoms with Crippen LogP contribution >= 0.6 is 0 Å². The molecule has 1 aliphatic rings. The van der Waals surface area contributed by atoms with E-state index in [1.54, 1.807) is 16.9 Å². The summed E-state index contributed by atoms with van der Waals surface area (Å²) in [5.41, 5.74) is 6.32. The van der Waals surface area contributed by atoms with Gasteiger partial charge in [-0.3, -0.25) is 4.40 Å². The Morgan fingerprint density at radius 1 is 1.12 bits per heavy atom. The molecule has 130 valence electrons. The number of nitrogens with zero attached hydrogens (tertiary/aromatic N) is 5. The highest BCUT2D eigenvalue weighted by Crippen LogP contribution is 2.32. The van der Waals surface area contributed by atoms with Gasteiger partial charge in [0, 0.05) is 37.3 Å². The van der Waals surface area contributed by atoms with Gasteiger partial charge in [-0.05, 0) is 24.1 Å². The highest BCUT2D eigenvalue weighted by atomic mass is 19.2. The molecule has 2 N–H and O–H groups in total. The van der Waals surface area contributed by atoms with Crippen molar-refractivity contribution in [2.45, 2.75) is 18.4 Å². The summed E-state index contributed by atoms with van der Waals surface area (Å²) in [5.74, 6) is -2.25. The van der Waals surface area contributed by atoms with Crippen molar-refractivity contribution < 1.29 is 13.2 Å². The van der Waals surface area contributed by atoms with Gasteiger partial charge in [-0.25, -0.2) is 13.2 Å². The van der Waals surface area contributed by atoms with E-state index < -0.39 is 23.5 Å². The van der Waals surface area contributed by atoms with Crippen molar-refractivity contribution in [1.29, 1.82) is 0 Å². The number of aromatic nitrogens is 4. The van der Waals surface area contributed by atoms with Gasteiger partial charge in [-0.2, -0.15) is 4.98 Å². The molecule has 0 bridgehead atoms. The fourth-order valence-corrected chi connectivity index (χ4v) is 3.28. The van der Waals surface area contributed by atoms with Gasteiger partial charge < -0.3 is 10.6 Å². The van der Waals surface area contributed by atoms with Crippen molar-refractivity contribution >= 4 is 11.6 Å². The van der Waals surface area contributed by atoms with Crippen molar-refractivity contribution in [2.75, 3.05) is 18.0 Å². The van der Waals surface area contributed by atoms with Crippen LogP contribution in [0.3, 0.4) is 0 Å². The first kappa shape index (κ1) is 15.8.